The molecule has 4 atom stereocenters. The summed E-state index contributed by atoms with van der Waals surface area (Å²) >= 11 is 5.43. The van der Waals surface area contributed by atoms with Crippen molar-refractivity contribution in [3.8, 4) is 0 Å². The van der Waals surface area contributed by atoms with E-state index in [0.717, 1.165) is 0 Å². The monoisotopic (exact) mass is 514 g/mol. The molecule has 34 heavy (non-hydrogen) atoms. The lowest BCUT2D eigenvalue weighted by atomic mass is 10.0. The Morgan fingerprint density at radius 2 is 1.50 bits per heavy atom. The van der Waals surface area contributed by atoms with Crippen molar-refractivity contribution in [2.24, 2.45) is 5.73 Å². The van der Waals surface area contributed by atoms with Crippen molar-refractivity contribution in [2.75, 3.05) is 17.8 Å². The zero-order valence-electron chi connectivity index (χ0n) is 18.6. The van der Waals surface area contributed by atoms with E-state index in [9.17, 15) is 29.1 Å². The first-order valence-electron chi connectivity index (χ1n) is 10.3. The van der Waals surface area contributed by atoms with Crippen LogP contribution in [0.4, 0.5) is 0 Å². The highest BCUT2D eigenvalue weighted by atomic mass is 32.2. The second-order valence-electron chi connectivity index (χ2n) is 7.38. The first-order chi connectivity index (χ1) is 16.1. The fraction of sp³-hybridized carbons (Fsp3) is 0.476. The van der Waals surface area contributed by atoms with E-state index in [1.54, 1.807) is 30.3 Å². The lowest BCUT2D eigenvalue weighted by Gasteiger charge is -2.25. The molecule has 0 heterocycles. The van der Waals surface area contributed by atoms with Crippen LogP contribution >= 0.6 is 24.4 Å². The number of rotatable bonds is 15. The number of carbonyl (C=O) groups excluding carboxylic acids is 3. The van der Waals surface area contributed by atoms with Gasteiger partial charge in [0.1, 0.15) is 18.1 Å². The minimum absolute atomic E-state index is 0.0111. The summed E-state index contributed by atoms with van der Waals surface area (Å²) in [7, 11) is 0. The third-order valence-corrected chi connectivity index (χ3v) is 5.72. The van der Waals surface area contributed by atoms with Crippen molar-refractivity contribution >= 4 is 54.1 Å². The number of nitrogens with one attached hydrogen (secondary N) is 3. The molecule has 0 fully saturated rings. The number of carboxylic acid groups (broad SMARTS) is 2. The number of nitrogens with two attached hydrogens (primary N) is 1. The number of carboxylic acids is 2. The summed E-state index contributed by atoms with van der Waals surface area (Å²) in [6, 6.07) is 3.85. The highest BCUT2D eigenvalue weighted by molar-refractivity contribution is 7.98. The van der Waals surface area contributed by atoms with E-state index in [2.05, 4.69) is 28.6 Å². The number of aliphatic carboxylic acids is 2. The van der Waals surface area contributed by atoms with Gasteiger partial charge in [-0.3, -0.25) is 19.2 Å². The number of hydrogen-bond acceptors (Lipinski definition) is 8. The molecule has 4 unspecified atom stereocenters. The van der Waals surface area contributed by atoms with Gasteiger partial charge in [0.15, 0.2) is 0 Å². The summed E-state index contributed by atoms with van der Waals surface area (Å²) in [5.74, 6) is -4.43. The van der Waals surface area contributed by atoms with Gasteiger partial charge in [0, 0.05) is 12.2 Å². The molecule has 1 aromatic rings. The maximum atomic E-state index is 13.0. The van der Waals surface area contributed by atoms with Crippen molar-refractivity contribution in [1.82, 2.24) is 16.0 Å². The van der Waals surface area contributed by atoms with Crippen molar-refractivity contribution in [2.45, 2.75) is 43.4 Å². The van der Waals surface area contributed by atoms with Gasteiger partial charge < -0.3 is 31.9 Å². The van der Waals surface area contributed by atoms with Gasteiger partial charge in [-0.1, -0.05) is 30.3 Å². The first kappa shape index (κ1) is 29.3. The van der Waals surface area contributed by atoms with Crippen molar-refractivity contribution in [3.05, 3.63) is 35.9 Å². The van der Waals surface area contributed by atoms with Crippen molar-refractivity contribution in [1.29, 1.82) is 0 Å². The molecule has 0 radical (unpaired) electrons. The van der Waals surface area contributed by atoms with Crippen LogP contribution in [0.5, 0.6) is 0 Å². The Kier molecular flexibility index (Phi) is 13.1. The zero-order valence-corrected chi connectivity index (χ0v) is 20.3. The van der Waals surface area contributed by atoms with E-state index in [1.165, 1.54) is 11.8 Å². The molecule has 0 aliphatic heterocycles. The molecule has 11 nitrogen and oxygen atoms in total. The fourth-order valence-corrected chi connectivity index (χ4v) is 3.48. The van der Waals surface area contributed by atoms with Gasteiger partial charge in [0.25, 0.3) is 0 Å². The average Bonchev–Trinajstić information content (AvgIpc) is 2.80. The SMILES string of the molecule is CSCCC(NC(=O)C(N)CS)C(=O)NC(Cc1ccccc1)C(=O)NC(CC(=O)O)C(=O)O. The van der Waals surface area contributed by atoms with Crippen LogP contribution in [0.1, 0.15) is 18.4 Å². The normalized spacial score (nSPS) is 14.2. The van der Waals surface area contributed by atoms with Crippen LogP contribution in [0, 0.1) is 0 Å². The summed E-state index contributed by atoms with van der Waals surface area (Å²) in [5.41, 5.74) is 6.35. The predicted octanol–water partition coefficient (Wildman–Crippen LogP) is -0.747. The molecule has 0 aromatic heterocycles. The van der Waals surface area contributed by atoms with Gasteiger partial charge in [-0.15, -0.1) is 0 Å². The van der Waals surface area contributed by atoms with Gasteiger partial charge in [-0.05, 0) is 24.0 Å². The second-order valence-corrected chi connectivity index (χ2v) is 8.73. The van der Waals surface area contributed by atoms with Crippen molar-refractivity contribution < 1.29 is 34.2 Å². The molecule has 0 bridgehead atoms. The molecule has 0 aliphatic rings. The molecular formula is C21H30N4O7S2. The predicted molar refractivity (Wildman–Crippen MR) is 131 cm³/mol. The third-order valence-electron chi connectivity index (χ3n) is 4.69. The number of amides is 3. The van der Waals surface area contributed by atoms with Crippen LogP contribution in [-0.4, -0.2) is 81.8 Å². The quantitative estimate of drug-likeness (QED) is 0.148. The van der Waals surface area contributed by atoms with E-state index in [-0.39, 0.29) is 18.6 Å². The minimum Gasteiger partial charge on any atom is -0.481 e. The Morgan fingerprint density at radius 3 is 2.03 bits per heavy atom. The molecule has 7 N–H and O–H groups in total. The fourth-order valence-electron chi connectivity index (χ4n) is 2.84. The van der Waals surface area contributed by atoms with E-state index in [4.69, 9.17) is 10.8 Å². The van der Waals surface area contributed by atoms with Gasteiger partial charge in [-0.25, -0.2) is 4.79 Å². The number of thiol groups is 1. The first-order valence-corrected chi connectivity index (χ1v) is 12.4. The lowest BCUT2D eigenvalue weighted by Crippen LogP contribution is -2.58. The third kappa shape index (κ3) is 10.4. The topological polar surface area (TPSA) is 188 Å². The summed E-state index contributed by atoms with van der Waals surface area (Å²) < 4.78 is 0. The number of thioether (sulfide) groups is 1. The molecule has 3 amide bonds. The van der Waals surface area contributed by atoms with E-state index < -0.39 is 60.2 Å². The average molecular weight is 515 g/mol. The summed E-state index contributed by atoms with van der Waals surface area (Å²) in [6.07, 6.45) is 1.27. The number of benzene rings is 1. The highest BCUT2D eigenvalue weighted by Crippen LogP contribution is 2.07. The van der Waals surface area contributed by atoms with Crippen LogP contribution in [0.15, 0.2) is 30.3 Å². The molecule has 0 saturated heterocycles. The molecule has 1 aromatic carbocycles. The van der Waals surface area contributed by atoms with E-state index in [0.29, 0.717) is 11.3 Å². The molecule has 13 heteroatoms. The van der Waals surface area contributed by atoms with E-state index in [1.807, 2.05) is 6.26 Å². The zero-order chi connectivity index (χ0) is 25.7. The van der Waals surface area contributed by atoms with Crippen LogP contribution in [0.2, 0.25) is 0 Å². The summed E-state index contributed by atoms with van der Waals surface area (Å²) in [5, 5.41) is 25.5. The number of hydrogen-bond donors (Lipinski definition) is 7. The minimum atomic E-state index is -1.68. The maximum absolute atomic E-state index is 13.0. The van der Waals surface area contributed by atoms with Crippen LogP contribution in [0.25, 0.3) is 0 Å². The standard InChI is InChI=1S/C21H30N4O7S2/c1-34-8-7-14(23-18(28)13(22)11-33)19(29)24-15(9-12-5-3-2-4-6-12)20(30)25-16(21(31)32)10-17(26)27/h2-6,13-16,33H,7-11,22H2,1H3,(H,23,28)(H,24,29)(H,25,30)(H,26,27)(H,31,32). The lowest BCUT2D eigenvalue weighted by molar-refractivity contribution is -0.147. The van der Waals surface area contributed by atoms with Crippen LogP contribution < -0.4 is 21.7 Å². The largest absolute Gasteiger partial charge is 0.481 e. The van der Waals surface area contributed by atoms with Crippen LogP contribution in [0.3, 0.4) is 0 Å². The van der Waals surface area contributed by atoms with Gasteiger partial charge in [0.2, 0.25) is 17.7 Å². The smallest absolute Gasteiger partial charge is 0.326 e. The van der Waals surface area contributed by atoms with E-state index >= 15 is 0 Å². The Morgan fingerprint density at radius 1 is 0.941 bits per heavy atom. The molecule has 0 spiro atoms. The highest BCUT2D eigenvalue weighted by Gasteiger charge is 2.31. The van der Waals surface area contributed by atoms with Crippen LogP contribution in [-0.2, 0) is 30.4 Å². The molecule has 0 aliphatic carbocycles. The van der Waals surface area contributed by atoms with Gasteiger partial charge in [0.05, 0.1) is 12.5 Å². The van der Waals surface area contributed by atoms with Gasteiger partial charge >= 0.3 is 11.9 Å². The molecule has 188 valence electrons. The molecule has 0 saturated carbocycles. The second kappa shape index (κ2) is 15.2. The Bertz CT molecular complexity index is 857. The maximum Gasteiger partial charge on any atom is 0.326 e. The van der Waals surface area contributed by atoms with Gasteiger partial charge in [-0.2, -0.15) is 24.4 Å². The van der Waals surface area contributed by atoms with Crippen molar-refractivity contribution in [3.63, 3.8) is 0 Å². The Hall–Kier alpha value is -2.77. The summed E-state index contributed by atoms with van der Waals surface area (Å²) in [6.45, 7) is 0. The Labute approximate surface area is 207 Å². The summed E-state index contributed by atoms with van der Waals surface area (Å²) in [4.78, 5) is 60.5. The number of carbonyl (C=O) groups is 5. The molecule has 1 rings (SSSR count). The molecular weight excluding hydrogens is 484 g/mol. The Balaban J connectivity index is 3.10.